The number of hydrogen-bond donors (Lipinski definition) is 0. The maximum absolute atomic E-state index is 12.6. The normalized spacial score (nSPS) is 16.1. The van der Waals surface area contributed by atoms with Gasteiger partial charge >= 0.3 is 0 Å². The van der Waals surface area contributed by atoms with E-state index in [0.717, 1.165) is 17.0 Å². The van der Waals surface area contributed by atoms with Crippen molar-refractivity contribution in [1.82, 2.24) is 10.1 Å². The van der Waals surface area contributed by atoms with E-state index in [1.807, 2.05) is 56.3 Å². The van der Waals surface area contributed by atoms with Gasteiger partial charge in [0.2, 0.25) is 17.6 Å². The highest BCUT2D eigenvalue weighted by Crippen LogP contribution is 2.35. The van der Waals surface area contributed by atoms with Crippen LogP contribution in [0.2, 0.25) is 0 Å². The van der Waals surface area contributed by atoms with Crippen LogP contribution in [-0.2, 0) is 4.79 Å². The van der Waals surface area contributed by atoms with Crippen LogP contribution in [0, 0.1) is 0 Å². The van der Waals surface area contributed by atoms with E-state index in [4.69, 9.17) is 18.7 Å². The smallest absolute Gasteiger partial charge is 0.232 e. The van der Waals surface area contributed by atoms with Gasteiger partial charge in [0, 0.05) is 24.2 Å². The van der Waals surface area contributed by atoms with Gasteiger partial charge in [0.15, 0.2) is 11.5 Å². The van der Waals surface area contributed by atoms with Crippen molar-refractivity contribution >= 4 is 11.6 Å². The van der Waals surface area contributed by atoms with Gasteiger partial charge in [-0.3, -0.25) is 4.79 Å². The standard InChI is InChI=1S/C23H25N3O5/c1-14(2)30-19-10-5-15(11-20(19)29-4)22-24-23(31-25-22)16-12-21(27)26(13-16)17-6-8-18(28-3)9-7-17/h5-11,14,16H,12-13H2,1-4H3. The minimum Gasteiger partial charge on any atom is -0.497 e. The fourth-order valence-corrected chi connectivity index (χ4v) is 3.56. The molecular weight excluding hydrogens is 398 g/mol. The first-order valence-electron chi connectivity index (χ1n) is 10.1. The zero-order valence-corrected chi connectivity index (χ0v) is 18.0. The largest absolute Gasteiger partial charge is 0.497 e. The molecule has 0 radical (unpaired) electrons. The van der Waals surface area contributed by atoms with Crippen molar-refractivity contribution in [2.75, 3.05) is 25.7 Å². The molecule has 0 N–H and O–H groups in total. The Bertz CT molecular complexity index is 1060. The average Bonchev–Trinajstić information content (AvgIpc) is 3.41. The van der Waals surface area contributed by atoms with Crippen LogP contribution in [0.25, 0.3) is 11.4 Å². The highest BCUT2D eigenvalue weighted by Gasteiger charge is 2.35. The minimum atomic E-state index is -0.165. The molecule has 2 aromatic carbocycles. The van der Waals surface area contributed by atoms with Gasteiger partial charge in [-0.2, -0.15) is 4.98 Å². The maximum Gasteiger partial charge on any atom is 0.232 e. The van der Waals surface area contributed by atoms with Gasteiger partial charge in [0.1, 0.15) is 5.75 Å². The summed E-state index contributed by atoms with van der Waals surface area (Å²) in [6.07, 6.45) is 0.350. The molecule has 1 fully saturated rings. The van der Waals surface area contributed by atoms with E-state index in [1.54, 1.807) is 19.1 Å². The molecule has 1 aromatic heterocycles. The lowest BCUT2D eigenvalue weighted by Gasteiger charge is -2.16. The summed E-state index contributed by atoms with van der Waals surface area (Å²) in [6, 6.07) is 12.9. The summed E-state index contributed by atoms with van der Waals surface area (Å²) >= 11 is 0. The number of aromatic nitrogens is 2. The van der Waals surface area contributed by atoms with E-state index in [0.29, 0.717) is 36.2 Å². The van der Waals surface area contributed by atoms with E-state index >= 15 is 0 Å². The quantitative estimate of drug-likeness (QED) is 0.566. The number of benzene rings is 2. The average molecular weight is 423 g/mol. The fourth-order valence-electron chi connectivity index (χ4n) is 3.56. The number of ether oxygens (including phenoxy) is 3. The summed E-state index contributed by atoms with van der Waals surface area (Å²) in [5.41, 5.74) is 1.57. The molecule has 2 heterocycles. The number of carbonyl (C=O) groups is 1. The lowest BCUT2D eigenvalue weighted by Crippen LogP contribution is -2.24. The molecule has 1 aliphatic rings. The second-order valence-electron chi connectivity index (χ2n) is 7.59. The van der Waals surface area contributed by atoms with Crippen LogP contribution in [0.5, 0.6) is 17.2 Å². The number of hydrogen-bond acceptors (Lipinski definition) is 7. The molecule has 1 amide bonds. The number of nitrogens with zero attached hydrogens (tertiary/aromatic N) is 3. The number of methoxy groups -OCH3 is 2. The Morgan fingerprint density at radius 2 is 1.84 bits per heavy atom. The summed E-state index contributed by atoms with van der Waals surface area (Å²) in [7, 11) is 3.20. The Morgan fingerprint density at radius 1 is 1.06 bits per heavy atom. The van der Waals surface area contributed by atoms with Crippen molar-refractivity contribution in [1.29, 1.82) is 0 Å². The zero-order chi connectivity index (χ0) is 22.0. The molecule has 1 unspecified atom stereocenters. The molecule has 3 aromatic rings. The summed E-state index contributed by atoms with van der Waals surface area (Å²) in [5.74, 6) is 2.74. The van der Waals surface area contributed by atoms with Gasteiger partial charge in [-0.15, -0.1) is 0 Å². The van der Waals surface area contributed by atoms with Crippen molar-refractivity contribution in [2.45, 2.75) is 32.3 Å². The second-order valence-corrected chi connectivity index (χ2v) is 7.59. The number of anilines is 1. The first-order chi connectivity index (χ1) is 15.0. The van der Waals surface area contributed by atoms with Crippen LogP contribution in [0.3, 0.4) is 0 Å². The van der Waals surface area contributed by atoms with E-state index < -0.39 is 0 Å². The molecule has 8 nitrogen and oxygen atoms in total. The number of carbonyl (C=O) groups excluding carboxylic acids is 1. The van der Waals surface area contributed by atoms with Gasteiger partial charge in [-0.05, 0) is 56.3 Å². The molecule has 0 bridgehead atoms. The van der Waals surface area contributed by atoms with Crippen LogP contribution in [-0.4, -0.2) is 42.9 Å². The molecular formula is C23H25N3O5. The van der Waals surface area contributed by atoms with Crippen molar-refractivity contribution in [2.24, 2.45) is 0 Å². The Kier molecular flexibility index (Phi) is 5.79. The highest BCUT2D eigenvalue weighted by molar-refractivity contribution is 5.96. The fraction of sp³-hybridized carbons (Fsp3) is 0.348. The highest BCUT2D eigenvalue weighted by atomic mass is 16.5. The van der Waals surface area contributed by atoms with Crippen molar-refractivity contribution in [3.05, 3.63) is 48.4 Å². The van der Waals surface area contributed by atoms with E-state index in [-0.39, 0.29) is 17.9 Å². The van der Waals surface area contributed by atoms with Crippen LogP contribution in [0.1, 0.15) is 32.1 Å². The Hall–Kier alpha value is -3.55. The Morgan fingerprint density at radius 3 is 2.52 bits per heavy atom. The minimum absolute atomic E-state index is 0.0202. The topological polar surface area (TPSA) is 86.9 Å². The summed E-state index contributed by atoms with van der Waals surface area (Å²) in [4.78, 5) is 18.8. The molecule has 31 heavy (non-hydrogen) atoms. The maximum atomic E-state index is 12.6. The Labute approximate surface area is 180 Å². The van der Waals surface area contributed by atoms with Gasteiger partial charge in [0.05, 0.1) is 26.2 Å². The van der Waals surface area contributed by atoms with Crippen LogP contribution in [0.15, 0.2) is 47.0 Å². The molecule has 8 heteroatoms. The molecule has 0 spiro atoms. The molecule has 0 saturated carbocycles. The third-order valence-electron chi connectivity index (χ3n) is 5.08. The van der Waals surface area contributed by atoms with Crippen molar-refractivity contribution in [3.8, 4) is 28.6 Å². The predicted octanol–water partition coefficient (Wildman–Crippen LogP) is 4.06. The van der Waals surface area contributed by atoms with E-state index in [2.05, 4.69) is 10.1 Å². The molecule has 0 aliphatic carbocycles. The van der Waals surface area contributed by atoms with Crippen LogP contribution < -0.4 is 19.1 Å². The van der Waals surface area contributed by atoms with Gasteiger partial charge in [-0.25, -0.2) is 0 Å². The van der Waals surface area contributed by atoms with Crippen LogP contribution >= 0.6 is 0 Å². The third kappa shape index (κ3) is 4.33. The lowest BCUT2D eigenvalue weighted by molar-refractivity contribution is -0.117. The summed E-state index contributed by atoms with van der Waals surface area (Å²) in [5, 5.41) is 4.11. The number of amides is 1. The molecule has 4 rings (SSSR count). The molecule has 162 valence electrons. The van der Waals surface area contributed by atoms with Gasteiger partial charge in [-0.1, -0.05) is 5.16 Å². The molecule has 1 aliphatic heterocycles. The zero-order valence-electron chi connectivity index (χ0n) is 18.0. The first-order valence-corrected chi connectivity index (χ1v) is 10.1. The molecule has 1 saturated heterocycles. The second kappa shape index (κ2) is 8.67. The number of rotatable bonds is 7. The van der Waals surface area contributed by atoms with Crippen molar-refractivity contribution in [3.63, 3.8) is 0 Å². The van der Waals surface area contributed by atoms with E-state index in [9.17, 15) is 4.79 Å². The van der Waals surface area contributed by atoms with E-state index in [1.165, 1.54) is 0 Å². The third-order valence-corrected chi connectivity index (χ3v) is 5.08. The summed E-state index contributed by atoms with van der Waals surface area (Å²) in [6.45, 7) is 4.39. The van der Waals surface area contributed by atoms with Crippen LogP contribution in [0.4, 0.5) is 5.69 Å². The molecule has 1 atom stereocenters. The summed E-state index contributed by atoms with van der Waals surface area (Å²) < 4.78 is 21.9. The SMILES string of the molecule is COc1ccc(N2CC(c3nc(-c4ccc(OC(C)C)c(OC)c4)no3)CC2=O)cc1. The van der Waals surface area contributed by atoms with Gasteiger partial charge in [0.25, 0.3) is 0 Å². The van der Waals surface area contributed by atoms with Gasteiger partial charge < -0.3 is 23.6 Å². The lowest BCUT2D eigenvalue weighted by atomic mass is 10.1. The first kappa shape index (κ1) is 20.7. The van der Waals surface area contributed by atoms with Crippen molar-refractivity contribution < 1.29 is 23.5 Å². The Balaban J connectivity index is 1.52. The monoisotopic (exact) mass is 423 g/mol. The predicted molar refractivity (Wildman–Crippen MR) is 115 cm³/mol.